The lowest BCUT2D eigenvalue weighted by molar-refractivity contribution is -0.112. The SMILES string of the molecule is N#C/C(=C/c1cccc(Oc2ccccc2)c1)C(=O)Nc1ccccc1I. The van der Waals surface area contributed by atoms with E-state index in [0.717, 1.165) is 9.32 Å². The molecular formula is C22H15IN2O2. The minimum Gasteiger partial charge on any atom is -0.457 e. The fraction of sp³-hybridized carbons (Fsp3) is 0. The van der Waals surface area contributed by atoms with Crippen LogP contribution in [0.3, 0.4) is 0 Å². The Balaban J connectivity index is 1.79. The van der Waals surface area contributed by atoms with Crippen LogP contribution in [-0.4, -0.2) is 5.91 Å². The molecule has 0 aliphatic carbocycles. The van der Waals surface area contributed by atoms with Gasteiger partial charge in [-0.15, -0.1) is 0 Å². The number of carbonyl (C=O) groups is 1. The van der Waals surface area contributed by atoms with Crippen molar-refractivity contribution in [2.45, 2.75) is 0 Å². The Bertz CT molecular complexity index is 1020. The fourth-order valence-corrected chi connectivity index (χ4v) is 2.88. The van der Waals surface area contributed by atoms with E-state index in [1.54, 1.807) is 18.2 Å². The zero-order valence-electron chi connectivity index (χ0n) is 14.2. The van der Waals surface area contributed by atoms with Crippen molar-refractivity contribution in [3.05, 3.63) is 93.6 Å². The molecule has 0 aliphatic rings. The van der Waals surface area contributed by atoms with Crippen molar-refractivity contribution >= 4 is 40.3 Å². The lowest BCUT2D eigenvalue weighted by Gasteiger charge is -2.07. The van der Waals surface area contributed by atoms with Gasteiger partial charge in [0.2, 0.25) is 0 Å². The fourth-order valence-electron chi connectivity index (χ4n) is 2.36. The molecule has 0 fully saturated rings. The Morgan fingerprint density at radius 2 is 1.67 bits per heavy atom. The summed E-state index contributed by atoms with van der Waals surface area (Å²) in [5.41, 5.74) is 1.40. The Morgan fingerprint density at radius 3 is 2.41 bits per heavy atom. The number of halogens is 1. The summed E-state index contributed by atoms with van der Waals surface area (Å²) in [5.74, 6) is 0.900. The number of rotatable bonds is 5. The van der Waals surface area contributed by atoms with E-state index < -0.39 is 5.91 Å². The van der Waals surface area contributed by atoms with Crippen molar-refractivity contribution in [3.63, 3.8) is 0 Å². The highest BCUT2D eigenvalue weighted by Gasteiger charge is 2.11. The molecule has 0 radical (unpaired) electrons. The summed E-state index contributed by atoms with van der Waals surface area (Å²) in [5, 5.41) is 12.2. The van der Waals surface area contributed by atoms with Gasteiger partial charge in [-0.3, -0.25) is 4.79 Å². The highest BCUT2D eigenvalue weighted by molar-refractivity contribution is 14.1. The molecule has 3 aromatic rings. The average molecular weight is 466 g/mol. The molecule has 0 atom stereocenters. The van der Waals surface area contributed by atoms with Crippen LogP contribution in [-0.2, 0) is 4.79 Å². The predicted octanol–water partition coefficient (Wildman–Crippen LogP) is 5.63. The molecule has 5 heteroatoms. The van der Waals surface area contributed by atoms with Crippen LogP contribution in [0.1, 0.15) is 5.56 Å². The van der Waals surface area contributed by atoms with Crippen molar-refractivity contribution in [1.29, 1.82) is 5.26 Å². The number of benzene rings is 3. The third-order valence-corrected chi connectivity index (χ3v) is 4.58. The molecular weight excluding hydrogens is 451 g/mol. The molecule has 0 aromatic heterocycles. The van der Waals surface area contributed by atoms with Crippen molar-refractivity contribution in [2.24, 2.45) is 0 Å². The van der Waals surface area contributed by atoms with Gasteiger partial charge in [-0.1, -0.05) is 42.5 Å². The molecule has 1 amide bonds. The van der Waals surface area contributed by atoms with E-state index in [9.17, 15) is 10.1 Å². The first-order valence-electron chi connectivity index (χ1n) is 8.16. The average Bonchev–Trinajstić information content (AvgIpc) is 2.69. The Morgan fingerprint density at radius 1 is 0.963 bits per heavy atom. The second kappa shape index (κ2) is 9.01. The molecule has 0 aliphatic heterocycles. The largest absolute Gasteiger partial charge is 0.457 e. The predicted molar refractivity (Wildman–Crippen MR) is 114 cm³/mol. The van der Waals surface area contributed by atoms with Crippen LogP contribution < -0.4 is 10.1 Å². The number of ether oxygens (including phenoxy) is 1. The summed E-state index contributed by atoms with van der Waals surface area (Å²) in [6.07, 6.45) is 1.54. The van der Waals surface area contributed by atoms with Gasteiger partial charge in [-0.2, -0.15) is 5.26 Å². The minimum atomic E-state index is -0.448. The first-order chi connectivity index (χ1) is 13.2. The number of nitriles is 1. The van der Waals surface area contributed by atoms with Gasteiger partial charge in [0.25, 0.3) is 5.91 Å². The van der Waals surface area contributed by atoms with Crippen LogP contribution in [0.5, 0.6) is 11.5 Å². The van der Waals surface area contributed by atoms with Crippen LogP contribution in [0.2, 0.25) is 0 Å². The number of anilines is 1. The number of nitrogens with one attached hydrogen (secondary N) is 1. The lowest BCUT2D eigenvalue weighted by atomic mass is 10.1. The maximum absolute atomic E-state index is 12.4. The first kappa shape index (κ1) is 18.7. The zero-order chi connectivity index (χ0) is 19.1. The zero-order valence-corrected chi connectivity index (χ0v) is 16.4. The second-order valence-corrected chi connectivity index (χ2v) is 6.75. The summed E-state index contributed by atoms with van der Waals surface area (Å²) in [6.45, 7) is 0. The van der Waals surface area contributed by atoms with Gasteiger partial charge in [-0.05, 0) is 70.6 Å². The summed E-state index contributed by atoms with van der Waals surface area (Å²) in [4.78, 5) is 12.4. The van der Waals surface area contributed by atoms with Crippen LogP contribution in [0.4, 0.5) is 5.69 Å². The van der Waals surface area contributed by atoms with E-state index in [0.29, 0.717) is 17.0 Å². The van der Waals surface area contributed by atoms with Crippen molar-refractivity contribution in [3.8, 4) is 17.6 Å². The van der Waals surface area contributed by atoms with Crippen LogP contribution in [0.25, 0.3) is 6.08 Å². The quantitative estimate of drug-likeness (QED) is 0.301. The standard InChI is InChI=1S/C22H15IN2O2/c23-20-11-4-5-12-21(20)25-22(26)17(15-24)13-16-7-6-10-19(14-16)27-18-8-2-1-3-9-18/h1-14H,(H,25,26)/b17-13-. The summed E-state index contributed by atoms with van der Waals surface area (Å²) >= 11 is 2.13. The highest BCUT2D eigenvalue weighted by atomic mass is 127. The lowest BCUT2D eigenvalue weighted by Crippen LogP contribution is -2.14. The van der Waals surface area contributed by atoms with Gasteiger partial charge in [0.05, 0.1) is 5.69 Å². The van der Waals surface area contributed by atoms with Gasteiger partial charge in [0.15, 0.2) is 0 Å². The van der Waals surface area contributed by atoms with E-state index in [2.05, 4.69) is 27.9 Å². The van der Waals surface area contributed by atoms with E-state index in [4.69, 9.17) is 4.74 Å². The summed E-state index contributed by atoms with van der Waals surface area (Å²) in [7, 11) is 0. The molecule has 0 unspecified atom stereocenters. The molecule has 1 N–H and O–H groups in total. The number of para-hydroxylation sites is 2. The Hall–Kier alpha value is -3.11. The minimum absolute atomic E-state index is 0.0199. The van der Waals surface area contributed by atoms with Gasteiger partial charge >= 0.3 is 0 Å². The highest BCUT2D eigenvalue weighted by Crippen LogP contribution is 2.23. The third kappa shape index (κ3) is 5.19. The maximum atomic E-state index is 12.4. The van der Waals surface area contributed by atoms with E-state index in [1.165, 1.54) is 0 Å². The Kier molecular flexibility index (Phi) is 6.23. The molecule has 0 heterocycles. The number of amides is 1. The molecule has 0 bridgehead atoms. The Labute approximate surface area is 171 Å². The maximum Gasteiger partial charge on any atom is 0.266 e. The van der Waals surface area contributed by atoms with Gasteiger partial charge < -0.3 is 10.1 Å². The van der Waals surface area contributed by atoms with Gasteiger partial charge in [0.1, 0.15) is 23.1 Å². The smallest absolute Gasteiger partial charge is 0.266 e. The van der Waals surface area contributed by atoms with Crippen molar-refractivity contribution < 1.29 is 9.53 Å². The molecule has 0 spiro atoms. The van der Waals surface area contributed by atoms with Crippen molar-refractivity contribution in [1.82, 2.24) is 0 Å². The molecule has 3 aromatic carbocycles. The van der Waals surface area contributed by atoms with Crippen LogP contribution in [0.15, 0.2) is 84.4 Å². The van der Waals surface area contributed by atoms with E-state index >= 15 is 0 Å². The number of hydrogen-bond acceptors (Lipinski definition) is 3. The molecule has 4 nitrogen and oxygen atoms in total. The third-order valence-electron chi connectivity index (χ3n) is 3.64. The van der Waals surface area contributed by atoms with Crippen LogP contribution >= 0.6 is 22.6 Å². The van der Waals surface area contributed by atoms with E-state index in [1.807, 2.05) is 72.8 Å². The van der Waals surface area contributed by atoms with E-state index in [-0.39, 0.29) is 5.57 Å². The first-order valence-corrected chi connectivity index (χ1v) is 9.24. The summed E-state index contributed by atoms with van der Waals surface area (Å²) < 4.78 is 6.69. The van der Waals surface area contributed by atoms with Crippen molar-refractivity contribution in [2.75, 3.05) is 5.32 Å². The topological polar surface area (TPSA) is 62.1 Å². The number of nitrogens with zero attached hydrogens (tertiary/aromatic N) is 1. The van der Waals surface area contributed by atoms with Crippen LogP contribution in [0, 0.1) is 14.9 Å². The molecule has 27 heavy (non-hydrogen) atoms. The summed E-state index contributed by atoms with van der Waals surface area (Å²) in [6, 6.07) is 26.0. The molecule has 0 saturated heterocycles. The molecule has 3 rings (SSSR count). The molecule has 0 saturated carbocycles. The van der Waals surface area contributed by atoms with Gasteiger partial charge in [0, 0.05) is 3.57 Å². The number of carbonyl (C=O) groups excluding carboxylic acids is 1. The molecule has 132 valence electrons. The normalized spacial score (nSPS) is 10.7. The second-order valence-electron chi connectivity index (χ2n) is 5.59. The monoisotopic (exact) mass is 466 g/mol. The number of hydrogen-bond donors (Lipinski definition) is 1. The van der Waals surface area contributed by atoms with Gasteiger partial charge in [-0.25, -0.2) is 0 Å².